The maximum absolute atomic E-state index is 12.1. The number of hydrogen-bond acceptors (Lipinski definition) is 6. The Kier molecular flexibility index (Phi) is 5.57. The number of likely N-dealkylation sites (tertiary alicyclic amines) is 1. The molecular formula is C16H24N6OS. The molecule has 24 heavy (non-hydrogen) atoms. The van der Waals surface area contributed by atoms with Crippen molar-refractivity contribution in [2.24, 2.45) is 5.92 Å². The van der Waals surface area contributed by atoms with Crippen molar-refractivity contribution < 1.29 is 4.79 Å². The van der Waals surface area contributed by atoms with Crippen LogP contribution in [0, 0.1) is 12.8 Å². The third-order valence-corrected chi connectivity index (χ3v) is 5.17. The zero-order valence-electron chi connectivity index (χ0n) is 14.2. The molecule has 1 aliphatic rings. The minimum atomic E-state index is -0.00696. The van der Waals surface area contributed by atoms with E-state index in [-0.39, 0.29) is 5.91 Å². The van der Waals surface area contributed by atoms with Gasteiger partial charge in [-0.1, -0.05) is 18.3 Å². The number of nitrogens with one attached hydrogen (secondary N) is 1. The van der Waals surface area contributed by atoms with Crippen molar-refractivity contribution in [3.8, 4) is 0 Å². The molecule has 130 valence electrons. The number of amides is 1. The van der Waals surface area contributed by atoms with E-state index in [4.69, 9.17) is 0 Å². The van der Waals surface area contributed by atoms with Crippen molar-refractivity contribution >= 4 is 22.4 Å². The molecule has 2 aromatic heterocycles. The smallest absolute Gasteiger partial charge is 0.240 e. The third-order valence-electron chi connectivity index (χ3n) is 4.42. The third kappa shape index (κ3) is 4.39. The van der Waals surface area contributed by atoms with Gasteiger partial charge in [-0.05, 0) is 38.8 Å². The molecule has 0 unspecified atom stereocenters. The Bertz CT molecular complexity index is 674. The van der Waals surface area contributed by atoms with E-state index in [1.165, 1.54) is 11.3 Å². The van der Waals surface area contributed by atoms with Gasteiger partial charge in [0.1, 0.15) is 10.8 Å². The largest absolute Gasteiger partial charge is 0.335 e. The summed E-state index contributed by atoms with van der Waals surface area (Å²) >= 11 is 1.40. The molecule has 1 fully saturated rings. The van der Waals surface area contributed by atoms with Gasteiger partial charge in [-0.25, -0.2) is 4.98 Å². The van der Waals surface area contributed by atoms with Crippen LogP contribution in [0.4, 0.5) is 5.13 Å². The van der Waals surface area contributed by atoms with Gasteiger partial charge in [0.2, 0.25) is 11.0 Å². The van der Waals surface area contributed by atoms with Crippen molar-refractivity contribution in [2.45, 2.75) is 39.7 Å². The second-order valence-electron chi connectivity index (χ2n) is 6.24. The maximum atomic E-state index is 12.1. The van der Waals surface area contributed by atoms with Crippen molar-refractivity contribution in [1.29, 1.82) is 0 Å². The molecule has 8 heteroatoms. The van der Waals surface area contributed by atoms with Crippen LogP contribution in [-0.2, 0) is 17.8 Å². The molecule has 1 amide bonds. The summed E-state index contributed by atoms with van der Waals surface area (Å²) in [5.74, 6) is 1.81. The Morgan fingerprint density at radius 1 is 1.38 bits per heavy atom. The monoisotopic (exact) mass is 348 g/mol. The lowest BCUT2D eigenvalue weighted by Gasteiger charge is -2.31. The first-order valence-corrected chi connectivity index (χ1v) is 9.28. The number of imidazole rings is 1. The quantitative estimate of drug-likeness (QED) is 0.863. The lowest BCUT2D eigenvalue weighted by atomic mass is 9.96. The zero-order chi connectivity index (χ0) is 16.9. The standard InChI is InChI=1S/C16H24N6OS/c1-3-14-17-6-9-22(14)10-13-4-7-21(8-5-13)11-15(23)18-16-20-19-12(2)24-16/h6,9,13H,3-5,7-8,10-11H2,1-2H3,(H,18,20,23). The van der Waals surface area contributed by atoms with E-state index in [9.17, 15) is 4.79 Å². The minimum absolute atomic E-state index is 0.00696. The first kappa shape index (κ1) is 17.0. The topological polar surface area (TPSA) is 75.9 Å². The summed E-state index contributed by atoms with van der Waals surface area (Å²) in [6.07, 6.45) is 7.16. The molecular weight excluding hydrogens is 324 g/mol. The van der Waals surface area contributed by atoms with Gasteiger partial charge in [0.25, 0.3) is 0 Å². The number of aromatic nitrogens is 4. The Labute approximate surface area is 146 Å². The Hall–Kier alpha value is -1.80. The average molecular weight is 348 g/mol. The highest BCUT2D eigenvalue weighted by molar-refractivity contribution is 7.15. The summed E-state index contributed by atoms with van der Waals surface area (Å²) in [6.45, 7) is 7.40. The highest BCUT2D eigenvalue weighted by Crippen LogP contribution is 2.20. The highest BCUT2D eigenvalue weighted by atomic mass is 32.1. The number of rotatable bonds is 6. The number of piperidine rings is 1. The molecule has 0 saturated carbocycles. The predicted molar refractivity (Wildman–Crippen MR) is 94.0 cm³/mol. The fourth-order valence-corrected chi connectivity index (χ4v) is 3.74. The second-order valence-corrected chi connectivity index (χ2v) is 7.42. The van der Waals surface area contributed by atoms with Crippen molar-refractivity contribution in [2.75, 3.05) is 25.0 Å². The number of aryl methyl sites for hydroxylation is 2. The van der Waals surface area contributed by atoms with Gasteiger partial charge in [0, 0.05) is 25.4 Å². The van der Waals surface area contributed by atoms with Gasteiger partial charge in [-0.2, -0.15) is 0 Å². The van der Waals surface area contributed by atoms with Crippen LogP contribution in [0.2, 0.25) is 0 Å². The van der Waals surface area contributed by atoms with Crippen LogP contribution in [0.5, 0.6) is 0 Å². The first-order valence-electron chi connectivity index (χ1n) is 8.46. The summed E-state index contributed by atoms with van der Waals surface area (Å²) < 4.78 is 2.27. The van der Waals surface area contributed by atoms with Crippen LogP contribution in [0.15, 0.2) is 12.4 Å². The molecule has 1 N–H and O–H groups in total. The molecule has 7 nitrogen and oxygen atoms in total. The Morgan fingerprint density at radius 2 is 2.17 bits per heavy atom. The minimum Gasteiger partial charge on any atom is -0.335 e. The highest BCUT2D eigenvalue weighted by Gasteiger charge is 2.22. The van der Waals surface area contributed by atoms with E-state index in [0.717, 1.165) is 49.7 Å². The predicted octanol–water partition coefficient (Wildman–Crippen LogP) is 1.96. The molecule has 0 aliphatic carbocycles. The van der Waals surface area contributed by atoms with E-state index in [1.54, 1.807) is 0 Å². The van der Waals surface area contributed by atoms with Crippen LogP contribution >= 0.6 is 11.3 Å². The Balaban J connectivity index is 1.42. The lowest BCUT2D eigenvalue weighted by Crippen LogP contribution is -2.40. The number of anilines is 1. The molecule has 1 aliphatic heterocycles. The average Bonchev–Trinajstić information content (AvgIpc) is 3.18. The SMILES string of the molecule is CCc1nccn1CC1CCN(CC(=O)Nc2nnc(C)s2)CC1. The summed E-state index contributed by atoms with van der Waals surface area (Å²) in [7, 11) is 0. The fraction of sp³-hybridized carbons (Fsp3) is 0.625. The van der Waals surface area contributed by atoms with Crippen LogP contribution in [-0.4, -0.2) is 50.2 Å². The molecule has 0 aromatic carbocycles. The van der Waals surface area contributed by atoms with Crippen molar-refractivity contribution in [3.63, 3.8) is 0 Å². The molecule has 3 heterocycles. The number of carbonyl (C=O) groups excluding carboxylic acids is 1. The van der Waals surface area contributed by atoms with E-state index in [1.807, 2.05) is 13.1 Å². The van der Waals surface area contributed by atoms with E-state index in [0.29, 0.717) is 17.6 Å². The molecule has 0 radical (unpaired) electrons. The van der Waals surface area contributed by atoms with Gasteiger partial charge < -0.3 is 4.57 Å². The summed E-state index contributed by atoms with van der Waals surface area (Å²) in [5, 5.41) is 12.1. The van der Waals surface area contributed by atoms with Crippen LogP contribution in [0.25, 0.3) is 0 Å². The van der Waals surface area contributed by atoms with Crippen LogP contribution in [0.3, 0.4) is 0 Å². The van der Waals surface area contributed by atoms with Gasteiger partial charge in [-0.3, -0.25) is 15.0 Å². The molecule has 0 atom stereocenters. The maximum Gasteiger partial charge on any atom is 0.240 e. The summed E-state index contributed by atoms with van der Waals surface area (Å²) in [6, 6.07) is 0. The molecule has 0 spiro atoms. The van der Waals surface area contributed by atoms with Crippen molar-refractivity contribution in [1.82, 2.24) is 24.6 Å². The van der Waals surface area contributed by atoms with Gasteiger partial charge in [-0.15, -0.1) is 10.2 Å². The van der Waals surface area contributed by atoms with E-state index < -0.39 is 0 Å². The van der Waals surface area contributed by atoms with Crippen LogP contribution in [0.1, 0.15) is 30.6 Å². The normalized spacial score (nSPS) is 16.4. The second kappa shape index (κ2) is 7.85. The van der Waals surface area contributed by atoms with Gasteiger partial charge in [0.15, 0.2) is 0 Å². The summed E-state index contributed by atoms with van der Waals surface area (Å²) in [5.41, 5.74) is 0. The molecule has 3 rings (SSSR count). The van der Waals surface area contributed by atoms with E-state index >= 15 is 0 Å². The first-order chi connectivity index (χ1) is 11.6. The molecule has 2 aromatic rings. The van der Waals surface area contributed by atoms with Crippen molar-refractivity contribution in [3.05, 3.63) is 23.2 Å². The Morgan fingerprint density at radius 3 is 2.83 bits per heavy atom. The van der Waals surface area contributed by atoms with Crippen LogP contribution < -0.4 is 5.32 Å². The fourth-order valence-electron chi connectivity index (χ4n) is 3.13. The number of hydrogen-bond donors (Lipinski definition) is 1. The molecule has 1 saturated heterocycles. The summed E-state index contributed by atoms with van der Waals surface area (Å²) in [4.78, 5) is 18.7. The number of nitrogens with zero attached hydrogens (tertiary/aromatic N) is 5. The lowest BCUT2D eigenvalue weighted by molar-refractivity contribution is -0.117. The number of carbonyl (C=O) groups is 1. The zero-order valence-corrected chi connectivity index (χ0v) is 15.1. The van der Waals surface area contributed by atoms with Gasteiger partial charge >= 0.3 is 0 Å². The molecule has 0 bridgehead atoms. The van der Waals surface area contributed by atoms with Gasteiger partial charge in [0.05, 0.1) is 6.54 Å². The van der Waals surface area contributed by atoms with E-state index in [2.05, 4.69) is 43.1 Å².